The summed E-state index contributed by atoms with van der Waals surface area (Å²) in [7, 11) is 0. The van der Waals surface area contributed by atoms with Gasteiger partial charge in [-0.25, -0.2) is 0 Å². The van der Waals surface area contributed by atoms with E-state index >= 15 is 0 Å². The van der Waals surface area contributed by atoms with Crippen LogP contribution >= 0.6 is 0 Å². The van der Waals surface area contributed by atoms with Crippen molar-refractivity contribution in [3.8, 4) is 0 Å². The van der Waals surface area contributed by atoms with Crippen LogP contribution in [0.5, 0.6) is 0 Å². The topological polar surface area (TPSA) is 84.2 Å². The van der Waals surface area contributed by atoms with Crippen LogP contribution in [0.25, 0.3) is 0 Å². The van der Waals surface area contributed by atoms with Crippen molar-refractivity contribution in [1.29, 1.82) is 0 Å². The molecule has 1 aliphatic rings. The minimum atomic E-state index is -0.495. The number of para-hydroxylation sites is 1. The Labute approximate surface area is 115 Å². The quantitative estimate of drug-likeness (QED) is 0.794. The highest BCUT2D eigenvalue weighted by atomic mass is 16.2. The maximum Gasteiger partial charge on any atom is 0.251 e. The number of rotatable bonds is 3. The lowest BCUT2D eigenvalue weighted by atomic mass is 10.1. The van der Waals surface area contributed by atoms with Gasteiger partial charge in [0, 0.05) is 22.5 Å². The van der Waals surface area contributed by atoms with Crippen LogP contribution in [-0.4, -0.2) is 11.8 Å². The molecule has 4 N–H and O–H groups in total. The fraction of sp³-hybridized carbons (Fsp3) is 0.0667. The maximum atomic E-state index is 12.0. The second-order valence-corrected chi connectivity index (χ2v) is 4.60. The number of amides is 2. The van der Waals surface area contributed by atoms with Crippen LogP contribution in [0.3, 0.4) is 0 Å². The van der Waals surface area contributed by atoms with E-state index in [0.29, 0.717) is 11.3 Å². The molecular weight excluding hydrogens is 254 g/mol. The van der Waals surface area contributed by atoms with Gasteiger partial charge < -0.3 is 16.4 Å². The second kappa shape index (κ2) is 4.70. The van der Waals surface area contributed by atoms with Crippen LogP contribution < -0.4 is 16.4 Å². The van der Waals surface area contributed by atoms with Crippen LogP contribution in [0.1, 0.15) is 22.0 Å². The first-order valence-electron chi connectivity index (χ1n) is 6.21. The number of hydrogen-bond acceptors (Lipinski definition) is 3. The third-order valence-electron chi connectivity index (χ3n) is 3.25. The summed E-state index contributed by atoms with van der Waals surface area (Å²) in [6.45, 7) is 0. The fourth-order valence-corrected chi connectivity index (χ4v) is 2.28. The van der Waals surface area contributed by atoms with Gasteiger partial charge in [-0.1, -0.05) is 24.3 Å². The molecule has 1 unspecified atom stereocenters. The number of benzene rings is 2. The zero-order valence-corrected chi connectivity index (χ0v) is 10.6. The normalized spacial score (nSPS) is 16.4. The Morgan fingerprint density at radius 1 is 1.15 bits per heavy atom. The summed E-state index contributed by atoms with van der Waals surface area (Å²) in [6.07, 6.45) is 0. The molecule has 0 saturated carbocycles. The maximum absolute atomic E-state index is 12.0. The van der Waals surface area contributed by atoms with Gasteiger partial charge in [-0.3, -0.25) is 9.59 Å². The Kier molecular flexibility index (Phi) is 2.87. The van der Waals surface area contributed by atoms with Gasteiger partial charge in [-0.2, -0.15) is 0 Å². The molecule has 0 bridgehead atoms. The Morgan fingerprint density at radius 3 is 2.75 bits per heavy atom. The van der Waals surface area contributed by atoms with Gasteiger partial charge in [0.15, 0.2) is 0 Å². The predicted octanol–water partition coefficient (Wildman–Crippen LogP) is 1.89. The van der Waals surface area contributed by atoms with Crippen LogP contribution in [0, 0.1) is 0 Å². The summed E-state index contributed by atoms with van der Waals surface area (Å²) < 4.78 is 0. The molecule has 1 atom stereocenters. The zero-order chi connectivity index (χ0) is 14.1. The van der Waals surface area contributed by atoms with Gasteiger partial charge in [0.25, 0.3) is 5.91 Å². The van der Waals surface area contributed by atoms with Crippen molar-refractivity contribution in [2.24, 2.45) is 5.73 Å². The number of nitrogens with two attached hydrogens (primary N) is 1. The first-order chi connectivity index (χ1) is 9.65. The molecule has 0 spiro atoms. The van der Waals surface area contributed by atoms with Crippen LogP contribution in [0.15, 0.2) is 48.5 Å². The monoisotopic (exact) mass is 267 g/mol. The smallest absolute Gasteiger partial charge is 0.251 e. The number of primary amides is 1. The molecule has 2 amide bonds. The second-order valence-electron chi connectivity index (χ2n) is 4.60. The van der Waals surface area contributed by atoms with Crippen LogP contribution in [0.4, 0.5) is 11.4 Å². The van der Waals surface area contributed by atoms with E-state index in [9.17, 15) is 9.59 Å². The van der Waals surface area contributed by atoms with Crippen molar-refractivity contribution in [1.82, 2.24) is 0 Å². The Hall–Kier alpha value is -2.82. The van der Waals surface area contributed by atoms with Crippen LogP contribution in [-0.2, 0) is 4.79 Å². The molecule has 1 heterocycles. The Balaban J connectivity index is 1.90. The molecule has 0 radical (unpaired) electrons. The highest BCUT2D eigenvalue weighted by Gasteiger charge is 2.29. The van der Waals surface area contributed by atoms with Crippen molar-refractivity contribution in [2.45, 2.75) is 6.04 Å². The number of anilines is 2. The van der Waals surface area contributed by atoms with E-state index in [2.05, 4.69) is 10.6 Å². The van der Waals surface area contributed by atoms with E-state index < -0.39 is 11.9 Å². The summed E-state index contributed by atoms with van der Waals surface area (Å²) in [5.74, 6) is -0.611. The summed E-state index contributed by atoms with van der Waals surface area (Å²) in [5, 5.41) is 5.93. The first kappa shape index (κ1) is 12.2. The molecule has 5 heteroatoms. The first-order valence-corrected chi connectivity index (χ1v) is 6.21. The Morgan fingerprint density at radius 2 is 1.95 bits per heavy atom. The van der Waals surface area contributed by atoms with Crippen molar-refractivity contribution in [3.63, 3.8) is 0 Å². The average molecular weight is 267 g/mol. The Bertz CT molecular complexity index is 697. The van der Waals surface area contributed by atoms with Gasteiger partial charge in [-0.05, 0) is 24.3 Å². The average Bonchev–Trinajstić information content (AvgIpc) is 2.76. The molecule has 1 aliphatic heterocycles. The predicted molar refractivity (Wildman–Crippen MR) is 76.4 cm³/mol. The van der Waals surface area contributed by atoms with Crippen molar-refractivity contribution < 1.29 is 9.59 Å². The number of hydrogen-bond donors (Lipinski definition) is 3. The van der Waals surface area contributed by atoms with Gasteiger partial charge in [0.1, 0.15) is 6.04 Å². The van der Waals surface area contributed by atoms with E-state index in [-0.39, 0.29) is 5.91 Å². The summed E-state index contributed by atoms with van der Waals surface area (Å²) >= 11 is 0. The highest BCUT2D eigenvalue weighted by Crippen LogP contribution is 2.32. The fourth-order valence-electron chi connectivity index (χ4n) is 2.28. The van der Waals surface area contributed by atoms with Crippen molar-refractivity contribution in [3.05, 3.63) is 59.7 Å². The van der Waals surface area contributed by atoms with Gasteiger partial charge in [-0.15, -0.1) is 0 Å². The minimum absolute atomic E-state index is 0.115. The molecule has 3 rings (SSSR count). The van der Waals surface area contributed by atoms with Gasteiger partial charge >= 0.3 is 0 Å². The lowest BCUT2D eigenvalue weighted by Crippen LogP contribution is -2.20. The molecule has 0 aromatic heterocycles. The largest absolute Gasteiger partial charge is 0.370 e. The SMILES string of the molecule is NC(=O)c1cccc(NC2C(=O)Nc3ccccc32)c1. The lowest BCUT2D eigenvalue weighted by molar-refractivity contribution is -0.116. The molecular formula is C15H13N3O2. The van der Waals surface area contributed by atoms with E-state index in [1.165, 1.54) is 0 Å². The van der Waals surface area contributed by atoms with Crippen molar-refractivity contribution in [2.75, 3.05) is 10.6 Å². The molecule has 2 aromatic carbocycles. The molecule has 0 aliphatic carbocycles. The standard InChI is InChI=1S/C15H13N3O2/c16-14(19)9-4-3-5-10(8-9)17-13-11-6-1-2-7-12(11)18-15(13)20/h1-8,13,17H,(H2,16,19)(H,18,20). The molecule has 0 saturated heterocycles. The van der Waals surface area contributed by atoms with Gasteiger partial charge in [0.2, 0.25) is 5.91 Å². The molecule has 100 valence electrons. The number of carbonyl (C=O) groups excluding carboxylic acids is 2. The third-order valence-corrected chi connectivity index (χ3v) is 3.25. The minimum Gasteiger partial charge on any atom is -0.370 e. The third kappa shape index (κ3) is 2.09. The van der Waals surface area contributed by atoms with E-state index in [0.717, 1.165) is 11.3 Å². The highest BCUT2D eigenvalue weighted by molar-refractivity contribution is 6.04. The van der Waals surface area contributed by atoms with E-state index in [1.54, 1.807) is 24.3 Å². The van der Waals surface area contributed by atoms with Gasteiger partial charge in [0.05, 0.1) is 0 Å². The summed E-state index contributed by atoms with van der Waals surface area (Å²) in [5.41, 5.74) is 8.03. The number of nitrogens with one attached hydrogen (secondary N) is 2. The van der Waals surface area contributed by atoms with E-state index in [1.807, 2.05) is 24.3 Å². The summed E-state index contributed by atoms with van der Waals surface area (Å²) in [4.78, 5) is 23.2. The summed E-state index contributed by atoms with van der Waals surface area (Å²) in [6, 6.07) is 13.8. The molecule has 0 fully saturated rings. The molecule has 20 heavy (non-hydrogen) atoms. The number of carbonyl (C=O) groups is 2. The van der Waals surface area contributed by atoms with E-state index in [4.69, 9.17) is 5.73 Å². The zero-order valence-electron chi connectivity index (χ0n) is 10.6. The van der Waals surface area contributed by atoms with Crippen molar-refractivity contribution >= 4 is 23.2 Å². The molecule has 2 aromatic rings. The molecule has 5 nitrogen and oxygen atoms in total. The van der Waals surface area contributed by atoms with Crippen LogP contribution in [0.2, 0.25) is 0 Å². The number of fused-ring (bicyclic) bond motifs is 1. The lowest BCUT2D eigenvalue weighted by Gasteiger charge is -2.13.